The van der Waals surface area contributed by atoms with Crippen LogP contribution in [-0.2, 0) is 11.3 Å². The van der Waals surface area contributed by atoms with Gasteiger partial charge in [0, 0.05) is 25.2 Å². The average Bonchev–Trinajstić information content (AvgIpc) is 2.91. The lowest BCUT2D eigenvalue weighted by molar-refractivity contribution is 0.0519. The number of hydrogen-bond donors (Lipinski definition) is 2. The van der Waals surface area contributed by atoms with E-state index in [0.717, 1.165) is 31.6 Å². The summed E-state index contributed by atoms with van der Waals surface area (Å²) in [7, 11) is 0. The van der Waals surface area contributed by atoms with Crippen molar-refractivity contribution in [2.75, 3.05) is 19.6 Å². The van der Waals surface area contributed by atoms with Crippen molar-refractivity contribution in [3.63, 3.8) is 0 Å². The number of benzene rings is 1. The molecule has 0 aliphatic carbocycles. The number of carbonyl (C=O) groups is 2. The van der Waals surface area contributed by atoms with E-state index in [2.05, 4.69) is 10.2 Å². The van der Waals surface area contributed by atoms with E-state index in [4.69, 9.17) is 10.5 Å². The zero-order valence-corrected chi connectivity index (χ0v) is 14.7. The van der Waals surface area contributed by atoms with Gasteiger partial charge in [-0.15, -0.1) is 0 Å². The Bertz CT molecular complexity index is 578. The summed E-state index contributed by atoms with van der Waals surface area (Å²) in [5, 5.41) is 2.85. The van der Waals surface area contributed by atoms with Crippen LogP contribution in [0.15, 0.2) is 24.3 Å². The van der Waals surface area contributed by atoms with Crippen molar-refractivity contribution in [2.24, 2.45) is 11.7 Å². The number of nitrogens with one attached hydrogen (secondary N) is 1. The van der Waals surface area contributed by atoms with Crippen molar-refractivity contribution < 1.29 is 14.3 Å². The van der Waals surface area contributed by atoms with Gasteiger partial charge in [0.15, 0.2) is 0 Å². The van der Waals surface area contributed by atoms with Gasteiger partial charge in [-0.05, 0) is 57.4 Å². The van der Waals surface area contributed by atoms with Gasteiger partial charge in [-0.2, -0.15) is 0 Å². The molecule has 24 heavy (non-hydrogen) atoms. The normalized spacial score (nSPS) is 18.4. The second-order valence-corrected chi connectivity index (χ2v) is 7.33. The first kappa shape index (κ1) is 18.3. The first-order valence-corrected chi connectivity index (χ1v) is 8.31. The monoisotopic (exact) mass is 333 g/mol. The first-order chi connectivity index (χ1) is 11.2. The van der Waals surface area contributed by atoms with Crippen molar-refractivity contribution in [3.05, 3.63) is 35.4 Å². The molecule has 1 saturated heterocycles. The summed E-state index contributed by atoms with van der Waals surface area (Å²) in [4.78, 5) is 25.1. The molecule has 132 valence electrons. The molecule has 0 radical (unpaired) electrons. The van der Waals surface area contributed by atoms with E-state index >= 15 is 0 Å². The Morgan fingerprint density at radius 1 is 1.29 bits per heavy atom. The number of hydrogen-bond acceptors (Lipinski definition) is 4. The lowest BCUT2D eigenvalue weighted by atomic mass is 10.1. The molecule has 2 rings (SSSR count). The molecule has 1 aromatic carbocycles. The smallest absolute Gasteiger partial charge is 0.407 e. The molecule has 1 heterocycles. The number of primary amides is 1. The van der Waals surface area contributed by atoms with Crippen LogP contribution in [0.1, 0.15) is 43.1 Å². The molecule has 0 saturated carbocycles. The molecule has 1 atom stereocenters. The van der Waals surface area contributed by atoms with Crippen LogP contribution in [-0.4, -0.2) is 42.1 Å². The maximum Gasteiger partial charge on any atom is 0.407 e. The van der Waals surface area contributed by atoms with Gasteiger partial charge in [0.05, 0.1) is 0 Å². The maximum absolute atomic E-state index is 11.7. The van der Waals surface area contributed by atoms with Crippen LogP contribution in [0, 0.1) is 5.92 Å². The van der Waals surface area contributed by atoms with Crippen LogP contribution in [0.3, 0.4) is 0 Å². The summed E-state index contributed by atoms with van der Waals surface area (Å²) >= 11 is 0. The molecule has 3 N–H and O–H groups in total. The Balaban J connectivity index is 1.75. The van der Waals surface area contributed by atoms with Gasteiger partial charge in [-0.3, -0.25) is 9.69 Å². The molecular weight excluding hydrogens is 306 g/mol. The number of ether oxygens (including phenoxy) is 1. The van der Waals surface area contributed by atoms with Crippen molar-refractivity contribution in [1.82, 2.24) is 10.2 Å². The standard InChI is InChI=1S/C18H27N3O3/c1-18(2,3)24-17(23)20-10-14-8-9-21(12-14)11-13-4-6-15(7-5-13)16(19)22/h4-7,14H,8-12H2,1-3H3,(H2,19,22)(H,20,23)/t14-/m0/s1. The fourth-order valence-corrected chi connectivity index (χ4v) is 2.80. The maximum atomic E-state index is 11.7. The van der Waals surface area contributed by atoms with E-state index < -0.39 is 11.5 Å². The molecule has 0 unspecified atom stereocenters. The highest BCUT2D eigenvalue weighted by atomic mass is 16.6. The lowest BCUT2D eigenvalue weighted by Gasteiger charge is -2.21. The second-order valence-electron chi connectivity index (χ2n) is 7.33. The SMILES string of the molecule is CC(C)(C)OC(=O)NC[C@@H]1CCN(Cc2ccc(C(N)=O)cc2)C1. The largest absolute Gasteiger partial charge is 0.444 e. The molecule has 0 spiro atoms. The number of likely N-dealkylation sites (tertiary alicyclic amines) is 1. The summed E-state index contributed by atoms with van der Waals surface area (Å²) in [6, 6.07) is 7.39. The van der Waals surface area contributed by atoms with Crippen molar-refractivity contribution in [3.8, 4) is 0 Å². The Kier molecular flexibility index (Phi) is 5.83. The fraction of sp³-hybridized carbons (Fsp3) is 0.556. The molecule has 1 fully saturated rings. The van der Waals surface area contributed by atoms with E-state index in [1.165, 1.54) is 0 Å². The van der Waals surface area contributed by atoms with Crippen LogP contribution in [0.4, 0.5) is 4.79 Å². The molecule has 0 aromatic heterocycles. The minimum Gasteiger partial charge on any atom is -0.444 e. The number of carbonyl (C=O) groups excluding carboxylic acids is 2. The van der Waals surface area contributed by atoms with Crippen LogP contribution in [0.2, 0.25) is 0 Å². The summed E-state index contributed by atoms with van der Waals surface area (Å²) in [5.41, 5.74) is 6.46. The highest BCUT2D eigenvalue weighted by molar-refractivity contribution is 5.92. The van der Waals surface area contributed by atoms with Crippen LogP contribution in [0.25, 0.3) is 0 Å². The van der Waals surface area contributed by atoms with Gasteiger partial charge >= 0.3 is 6.09 Å². The first-order valence-electron chi connectivity index (χ1n) is 8.31. The van der Waals surface area contributed by atoms with Gasteiger partial charge < -0.3 is 15.8 Å². The van der Waals surface area contributed by atoms with Crippen LogP contribution >= 0.6 is 0 Å². The van der Waals surface area contributed by atoms with Crippen molar-refractivity contribution in [1.29, 1.82) is 0 Å². The van der Waals surface area contributed by atoms with E-state index in [1.807, 2.05) is 32.9 Å². The Morgan fingerprint density at radius 2 is 1.96 bits per heavy atom. The fourth-order valence-electron chi connectivity index (χ4n) is 2.80. The van der Waals surface area contributed by atoms with Gasteiger partial charge in [-0.25, -0.2) is 4.79 Å². The molecule has 0 bridgehead atoms. The predicted molar refractivity (Wildman–Crippen MR) is 92.6 cm³/mol. The molecule has 6 nitrogen and oxygen atoms in total. The molecule has 1 aliphatic rings. The zero-order valence-electron chi connectivity index (χ0n) is 14.7. The highest BCUT2D eigenvalue weighted by Crippen LogP contribution is 2.18. The number of nitrogens with zero attached hydrogens (tertiary/aromatic N) is 1. The second kappa shape index (κ2) is 7.66. The summed E-state index contributed by atoms with van der Waals surface area (Å²) in [6.45, 7) is 8.97. The quantitative estimate of drug-likeness (QED) is 0.864. The average molecular weight is 333 g/mol. The zero-order chi connectivity index (χ0) is 17.7. The third kappa shape index (κ3) is 5.85. The van der Waals surface area contributed by atoms with E-state index in [1.54, 1.807) is 12.1 Å². The Labute approximate surface area is 143 Å². The minimum absolute atomic E-state index is 0.358. The molecule has 6 heteroatoms. The molecule has 2 amide bonds. The number of nitrogens with two attached hydrogens (primary N) is 1. The van der Waals surface area contributed by atoms with Gasteiger partial charge in [0.25, 0.3) is 0 Å². The summed E-state index contributed by atoms with van der Waals surface area (Å²) in [6.07, 6.45) is 0.692. The number of amides is 2. The molecular formula is C18H27N3O3. The Morgan fingerprint density at radius 3 is 2.54 bits per heavy atom. The number of alkyl carbamates (subject to hydrolysis) is 1. The Hall–Kier alpha value is -2.08. The molecule has 1 aromatic rings. The van der Waals surface area contributed by atoms with Crippen molar-refractivity contribution >= 4 is 12.0 Å². The van der Waals surface area contributed by atoms with Crippen LogP contribution in [0.5, 0.6) is 0 Å². The highest BCUT2D eigenvalue weighted by Gasteiger charge is 2.24. The lowest BCUT2D eigenvalue weighted by Crippen LogP contribution is -2.35. The van der Waals surface area contributed by atoms with E-state index in [0.29, 0.717) is 18.0 Å². The number of rotatable bonds is 5. The van der Waals surface area contributed by atoms with E-state index in [-0.39, 0.29) is 6.09 Å². The summed E-state index contributed by atoms with van der Waals surface area (Å²) < 4.78 is 5.25. The van der Waals surface area contributed by atoms with Crippen molar-refractivity contribution in [2.45, 2.75) is 39.3 Å². The van der Waals surface area contributed by atoms with Gasteiger partial charge in [-0.1, -0.05) is 12.1 Å². The predicted octanol–water partition coefficient (Wildman–Crippen LogP) is 2.13. The summed E-state index contributed by atoms with van der Waals surface area (Å²) in [5.74, 6) is 0.0263. The van der Waals surface area contributed by atoms with Gasteiger partial charge in [0.2, 0.25) is 5.91 Å². The van der Waals surface area contributed by atoms with Gasteiger partial charge in [0.1, 0.15) is 5.60 Å². The topological polar surface area (TPSA) is 84.7 Å². The van der Waals surface area contributed by atoms with Crippen LogP contribution < -0.4 is 11.1 Å². The third-order valence-electron chi connectivity index (χ3n) is 3.95. The molecule has 1 aliphatic heterocycles. The van der Waals surface area contributed by atoms with E-state index in [9.17, 15) is 9.59 Å². The minimum atomic E-state index is -0.469. The third-order valence-corrected chi connectivity index (χ3v) is 3.95.